The molecule has 22 heavy (non-hydrogen) atoms. The van der Waals surface area contributed by atoms with Gasteiger partial charge in [0, 0.05) is 6.20 Å². The van der Waals surface area contributed by atoms with Gasteiger partial charge >= 0.3 is 0 Å². The first-order valence-corrected chi connectivity index (χ1v) is 7.38. The van der Waals surface area contributed by atoms with Crippen LogP contribution in [-0.4, -0.2) is 17.5 Å². The van der Waals surface area contributed by atoms with Crippen molar-refractivity contribution in [1.82, 2.24) is 4.98 Å². The van der Waals surface area contributed by atoms with Crippen molar-refractivity contribution in [2.45, 2.75) is 26.2 Å². The number of pyridine rings is 1. The maximum Gasteiger partial charge on any atom is 0.262 e. The molecule has 1 aromatic carbocycles. The van der Waals surface area contributed by atoms with Crippen molar-refractivity contribution >= 4 is 23.2 Å². The first-order valence-electron chi connectivity index (χ1n) is 7.00. The van der Waals surface area contributed by atoms with Crippen molar-refractivity contribution in [3.05, 3.63) is 53.3 Å². The number of ether oxygens (including phenoxy) is 1. The minimum atomic E-state index is -0.283. The molecule has 116 valence electrons. The number of rotatable bonds is 4. The third-order valence-electron chi connectivity index (χ3n) is 3.12. The fraction of sp³-hybridized carbons (Fsp3) is 0.294. The topological polar surface area (TPSA) is 51.2 Å². The quantitative estimate of drug-likeness (QED) is 0.865. The lowest BCUT2D eigenvalue weighted by Crippen LogP contribution is -2.20. The number of carbonyl (C=O) groups is 1. The van der Waals surface area contributed by atoms with Crippen LogP contribution < -0.4 is 10.1 Å². The number of nitrogens with one attached hydrogen (secondary N) is 1. The van der Waals surface area contributed by atoms with Crippen LogP contribution in [0.3, 0.4) is 0 Å². The molecular weight excluding hydrogens is 300 g/mol. The number of anilines is 1. The van der Waals surface area contributed by atoms with Gasteiger partial charge < -0.3 is 10.1 Å². The van der Waals surface area contributed by atoms with Gasteiger partial charge in [0.2, 0.25) is 0 Å². The van der Waals surface area contributed by atoms with Gasteiger partial charge in [-0.25, -0.2) is 4.98 Å². The molecule has 0 saturated carbocycles. The Labute approximate surface area is 135 Å². The number of hydrogen-bond donors (Lipinski definition) is 1. The van der Waals surface area contributed by atoms with Crippen LogP contribution in [0.25, 0.3) is 0 Å². The van der Waals surface area contributed by atoms with Gasteiger partial charge in [0.1, 0.15) is 5.75 Å². The van der Waals surface area contributed by atoms with Crippen molar-refractivity contribution in [2.24, 2.45) is 0 Å². The number of amides is 1. The van der Waals surface area contributed by atoms with E-state index in [2.05, 4.69) is 31.1 Å². The Morgan fingerprint density at radius 3 is 2.50 bits per heavy atom. The van der Waals surface area contributed by atoms with Crippen LogP contribution in [0.1, 0.15) is 26.3 Å². The molecule has 0 radical (unpaired) electrons. The number of carbonyl (C=O) groups excluding carboxylic acids is 1. The summed E-state index contributed by atoms with van der Waals surface area (Å²) in [7, 11) is 0. The Bertz CT molecular complexity index is 648. The normalized spacial score (nSPS) is 11.1. The molecule has 0 fully saturated rings. The van der Waals surface area contributed by atoms with Crippen molar-refractivity contribution in [2.75, 3.05) is 11.9 Å². The van der Waals surface area contributed by atoms with E-state index >= 15 is 0 Å². The highest BCUT2D eigenvalue weighted by Gasteiger charge is 2.13. The lowest BCUT2D eigenvalue weighted by molar-refractivity contribution is -0.118. The summed E-state index contributed by atoms with van der Waals surface area (Å²) in [5, 5.41) is 2.91. The molecule has 0 aliphatic rings. The Morgan fingerprint density at radius 1 is 1.23 bits per heavy atom. The van der Waals surface area contributed by atoms with Gasteiger partial charge in [0.05, 0.1) is 5.69 Å². The molecule has 1 heterocycles. The molecule has 0 bridgehead atoms. The van der Waals surface area contributed by atoms with E-state index in [0.29, 0.717) is 11.4 Å². The van der Waals surface area contributed by atoms with E-state index in [0.717, 1.165) is 0 Å². The fourth-order valence-corrected chi connectivity index (χ4v) is 2.03. The molecule has 1 amide bonds. The molecule has 0 aliphatic carbocycles. The summed E-state index contributed by atoms with van der Waals surface area (Å²) in [6, 6.07) is 11.1. The molecule has 2 rings (SSSR count). The third kappa shape index (κ3) is 4.46. The van der Waals surface area contributed by atoms with Gasteiger partial charge in [-0.05, 0) is 35.2 Å². The van der Waals surface area contributed by atoms with E-state index < -0.39 is 0 Å². The maximum absolute atomic E-state index is 11.8. The van der Waals surface area contributed by atoms with Gasteiger partial charge in [-0.2, -0.15) is 0 Å². The highest BCUT2D eigenvalue weighted by Crippen LogP contribution is 2.24. The molecular formula is C17H19ClN2O2. The smallest absolute Gasteiger partial charge is 0.262 e. The van der Waals surface area contributed by atoms with E-state index in [9.17, 15) is 4.79 Å². The number of benzene rings is 1. The summed E-state index contributed by atoms with van der Waals surface area (Å²) in [5.41, 5.74) is 1.78. The predicted octanol–water partition coefficient (Wildman–Crippen LogP) is 4.05. The monoisotopic (exact) mass is 318 g/mol. The molecule has 1 aromatic heterocycles. The summed E-state index contributed by atoms with van der Waals surface area (Å²) in [4.78, 5) is 15.7. The van der Waals surface area contributed by atoms with Gasteiger partial charge in [-0.15, -0.1) is 0 Å². The molecule has 4 nitrogen and oxygen atoms in total. The summed E-state index contributed by atoms with van der Waals surface area (Å²) >= 11 is 5.88. The summed E-state index contributed by atoms with van der Waals surface area (Å²) in [6.07, 6.45) is 1.56. The van der Waals surface area contributed by atoms with Crippen LogP contribution in [0.4, 0.5) is 5.69 Å². The second kappa shape index (κ2) is 6.79. The SMILES string of the molecule is CC(C)(C)c1ccc(OCC(=O)Nc2cccnc2Cl)cc1. The Hall–Kier alpha value is -2.07. The lowest BCUT2D eigenvalue weighted by atomic mass is 9.87. The zero-order valence-corrected chi connectivity index (χ0v) is 13.6. The zero-order valence-electron chi connectivity index (χ0n) is 12.9. The molecule has 0 atom stereocenters. The molecule has 2 aromatic rings. The minimum Gasteiger partial charge on any atom is -0.484 e. The number of hydrogen-bond acceptors (Lipinski definition) is 3. The average Bonchev–Trinajstić information content (AvgIpc) is 2.47. The number of halogens is 1. The largest absolute Gasteiger partial charge is 0.484 e. The predicted molar refractivity (Wildman–Crippen MR) is 88.5 cm³/mol. The average molecular weight is 319 g/mol. The van der Waals surface area contributed by atoms with E-state index in [1.165, 1.54) is 5.56 Å². The van der Waals surface area contributed by atoms with Crippen LogP contribution in [0.15, 0.2) is 42.6 Å². The third-order valence-corrected chi connectivity index (χ3v) is 3.42. The van der Waals surface area contributed by atoms with Gasteiger partial charge in [-0.3, -0.25) is 4.79 Å². The van der Waals surface area contributed by atoms with Crippen LogP contribution in [0, 0.1) is 0 Å². The molecule has 0 spiro atoms. The highest BCUT2D eigenvalue weighted by molar-refractivity contribution is 6.32. The van der Waals surface area contributed by atoms with Crippen LogP contribution in [-0.2, 0) is 10.2 Å². The molecule has 0 unspecified atom stereocenters. The summed E-state index contributed by atoms with van der Waals surface area (Å²) in [6.45, 7) is 6.36. The standard InChI is InChI=1S/C17H19ClN2O2/c1-17(2,3)12-6-8-13(9-7-12)22-11-15(21)20-14-5-4-10-19-16(14)18/h4-10H,11H2,1-3H3,(H,20,21). The molecule has 1 N–H and O–H groups in total. The highest BCUT2D eigenvalue weighted by atomic mass is 35.5. The van der Waals surface area contributed by atoms with E-state index in [-0.39, 0.29) is 23.1 Å². The molecule has 0 saturated heterocycles. The van der Waals surface area contributed by atoms with E-state index in [4.69, 9.17) is 16.3 Å². The summed E-state index contributed by atoms with van der Waals surface area (Å²) in [5.74, 6) is 0.371. The fourth-order valence-electron chi connectivity index (χ4n) is 1.87. The maximum atomic E-state index is 11.8. The van der Waals surface area contributed by atoms with Crippen LogP contribution >= 0.6 is 11.6 Å². The van der Waals surface area contributed by atoms with Gasteiger partial charge in [-0.1, -0.05) is 44.5 Å². The Morgan fingerprint density at radius 2 is 1.91 bits per heavy atom. The Kier molecular flexibility index (Phi) is 5.03. The van der Waals surface area contributed by atoms with Crippen molar-refractivity contribution in [3.8, 4) is 5.75 Å². The molecule has 5 heteroatoms. The van der Waals surface area contributed by atoms with Crippen LogP contribution in [0.2, 0.25) is 5.15 Å². The number of aromatic nitrogens is 1. The van der Waals surface area contributed by atoms with E-state index in [1.54, 1.807) is 18.3 Å². The van der Waals surface area contributed by atoms with Crippen molar-refractivity contribution in [1.29, 1.82) is 0 Å². The second-order valence-corrected chi connectivity index (χ2v) is 6.31. The lowest BCUT2D eigenvalue weighted by Gasteiger charge is -2.19. The Balaban J connectivity index is 1.90. The van der Waals surface area contributed by atoms with Gasteiger partial charge in [0.25, 0.3) is 5.91 Å². The zero-order chi connectivity index (χ0) is 16.2. The van der Waals surface area contributed by atoms with E-state index in [1.807, 2.05) is 24.3 Å². The van der Waals surface area contributed by atoms with Crippen molar-refractivity contribution in [3.63, 3.8) is 0 Å². The van der Waals surface area contributed by atoms with Crippen molar-refractivity contribution < 1.29 is 9.53 Å². The first kappa shape index (κ1) is 16.3. The molecule has 0 aliphatic heterocycles. The first-order chi connectivity index (χ1) is 10.4. The van der Waals surface area contributed by atoms with Gasteiger partial charge in [0.15, 0.2) is 11.8 Å². The summed E-state index contributed by atoms with van der Waals surface area (Å²) < 4.78 is 5.47. The number of nitrogens with zero attached hydrogens (tertiary/aromatic N) is 1. The second-order valence-electron chi connectivity index (χ2n) is 5.95. The van der Waals surface area contributed by atoms with Crippen LogP contribution in [0.5, 0.6) is 5.75 Å². The minimum absolute atomic E-state index is 0.0832.